The summed E-state index contributed by atoms with van der Waals surface area (Å²) in [4.78, 5) is 35.9. The number of hydrogen-bond donors (Lipinski definition) is 1. The molecular weight excluding hydrogens is 509 g/mol. The second kappa shape index (κ2) is 11.6. The van der Waals surface area contributed by atoms with Gasteiger partial charge in [-0.25, -0.2) is 12.8 Å². The van der Waals surface area contributed by atoms with E-state index in [-0.39, 0.29) is 29.3 Å². The normalized spacial score (nSPS) is 13.1. The number of pyridine rings is 1. The first kappa shape index (κ1) is 27.2. The van der Waals surface area contributed by atoms with E-state index < -0.39 is 33.5 Å². The predicted octanol–water partition coefficient (Wildman–Crippen LogP) is 3.98. The lowest BCUT2D eigenvalue weighted by molar-refractivity contribution is 0.0956. The highest BCUT2D eigenvalue weighted by Crippen LogP contribution is 2.37. The van der Waals surface area contributed by atoms with Gasteiger partial charge in [0.1, 0.15) is 21.7 Å². The molecule has 2 aromatic carbocycles. The molecule has 2 unspecified atom stereocenters. The van der Waals surface area contributed by atoms with Crippen molar-refractivity contribution in [2.45, 2.75) is 18.4 Å². The van der Waals surface area contributed by atoms with E-state index in [0.717, 1.165) is 6.26 Å². The van der Waals surface area contributed by atoms with Gasteiger partial charge in [0.2, 0.25) is 5.56 Å². The van der Waals surface area contributed by atoms with Crippen LogP contribution in [0.1, 0.15) is 45.4 Å². The van der Waals surface area contributed by atoms with E-state index in [1.165, 1.54) is 35.0 Å². The third kappa shape index (κ3) is 7.08. The van der Waals surface area contributed by atoms with Crippen molar-refractivity contribution in [3.63, 3.8) is 0 Å². The van der Waals surface area contributed by atoms with Gasteiger partial charge in [-0.3, -0.25) is 9.59 Å². The monoisotopic (exact) mass is 533 g/mol. The summed E-state index contributed by atoms with van der Waals surface area (Å²) in [5.41, 5.74) is 1.48. The van der Waals surface area contributed by atoms with Crippen molar-refractivity contribution in [2.24, 2.45) is 12.2 Å². The second-order valence-electron chi connectivity index (χ2n) is 8.49. The van der Waals surface area contributed by atoms with Crippen molar-refractivity contribution < 1.29 is 17.6 Å². The highest BCUT2D eigenvalue weighted by Gasteiger charge is 2.25. The quantitative estimate of drug-likeness (QED) is 0.396. The van der Waals surface area contributed by atoms with Crippen molar-refractivity contribution in [1.82, 2.24) is 9.88 Å². The average molecular weight is 534 g/mol. The number of carbonyl (C=O) groups excluding carboxylic acids is 1. The molecule has 36 heavy (non-hydrogen) atoms. The molecule has 11 heteroatoms. The van der Waals surface area contributed by atoms with Gasteiger partial charge in [0.15, 0.2) is 0 Å². The van der Waals surface area contributed by atoms with Crippen LogP contribution in [0.25, 0.3) is 0 Å². The van der Waals surface area contributed by atoms with Crippen molar-refractivity contribution >= 4 is 27.3 Å². The number of carbonyl (C=O) groups is 1. The second-order valence-corrected chi connectivity index (χ2v) is 11.2. The van der Waals surface area contributed by atoms with Crippen LogP contribution in [0, 0.1) is 10.7 Å². The van der Waals surface area contributed by atoms with Crippen LogP contribution in [0.15, 0.2) is 70.8 Å². The van der Waals surface area contributed by atoms with Crippen LogP contribution >= 0.6 is 11.6 Å². The molecule has 1 aromatic heterocycles. The van der Waals surface area contributed by atoms with Crippen LogP contribution in [-0.4, -0.2) is 37.4 Å². The zero-order valence-electron chi connectivity index (χ0n) is 19.6. The van der Waals surface area contributed by atoms with E-state index in [0.29, 0.717) is 22.3 Å². The molecule has 0 fully saturated rings. The first-order chi connectivity index (χ1) is 17.0. The van der Waals surface area contributed by atoms with E-state index in [4.69, 9.17) is 11.6 Å². The first-order valence-electron chi connectivity index (χ1n) is 11.0. The van der Waals surface area contributed by atoms with E-state index in [9.17, 15) is 27.3 Å². The van der Waals surface area contributed by atoms with Gasteiger partial charge in [-0.2, -0.15) is 4.91 Å². The van der Waals surface area contributed by atoms with E-state index >= 15 is 0 Å². The predicted molar refractivity (Wildman–Crippen MR) is 137 cm³/mol. The molecule has 0 bridgehead atoms. The SMILES string of the molecule is Cn1cc(C(CC(c2ccc(C(=O)NCCS(C)(=O)=O)cc2)c2ccc(Cl)cc2F)N=O)ccc1=O. The van der Waals surface area contributed by atoms with E-state index in [1.54, 1.807) is 37.4 Å². The molecule has 1 N–H and O–H groups in total. The molecule has 0 saturated heterocycles. The van der Waals surface area contributed by atoms with Crippen LogP contribution in [0.5, 0.6) is 0 Å². The molecule has 8 nitrogen and oxygen atoms in total. The van der Waals surface area contributed by atoms with E-state index in [2.05, 4.69) is 10.5 Å². The molecule has 1 heterocycles. The number of hydrogen-bond acceptors (Lipinski definition) is 6. The molecule has 0 aliphatic rings. The summed E-state index contributed by atoms with van der Waals surface area (Å²) in [7, 11) is -1.65. The zero-order chi connectivity index (χ0) is 26.5. The highest BCUT2D eigenvalue weighted by molar-refractivity contribution is 7.90. The fourth-order valence-corrected chi connectivity index (χ4v) is 4.45. The Kier molecular flexibility index (Phi) is 8.75. The summed E-state index contributed by atoms with van der Waals surface area (Å²) >= 11 is 5.93. The number of sulfone groups is 1. The Balaban J connectivity index is 1.92. The Morgan fingerprint density at radius 3 is 2.36 bits per heavy atom. The van der Waals surface area contributed by atoms with Crippen LogP contribution in [0.3, 0.4) is 0 Å². The van der Waals surface area contributed by atoms with Gasteiger partial charge in [-0.1, -0.05) is 35.0 Å². The van der Waals surface area contributed by atoms with Crippen molar-refractivity contribution in [3.05, 3.63) is 109 Å². The lowest BCUT2D eigenvalue weighted by atomic mass is 9.84. The smallest absolute Gasteiger partial charge is 0.251 e. The standard InChI is InChI=1S/C25H25ClFN3O5S/c1-30-15-18(7-10-24(30)31)23(29-33)14-21(20-9-8-19(26)13-22(20)27)16-3-5-17(6-4-16)25(32)28-11-12-36(2,34)35/h3-10,13,15,21,23H,11-12,14H2,1-2H3,(H,28,32). The van der Waals surface area contributed by atoms with Gasteiger partial charge in [0, 0.05) is 48.6 Å². The molecule has 0 radical (unpaired) electrons. The molecule has 0 aliphatic heterocycles. The van der Waals surface area contributed by atoms with Crippen molar-refractivity contribution in [1.29, 1.82) is 0 Å². The van der Waals surface area contributed by atoms with Crippen molar-refractivity contribution in [3.8, 4) is 0 Å². The Morgan fingerprint density at radius 2 is 1.78 bits per heavy atom. The summed E-state index contributed by atoms with van der Waals surface area (Å²) in [6, 6.07) is 12.6. The topological polar surface area (TPSA) is 115 Å². The summed E-state index contributed by atoms with van der Waals surface area (Å²) < 4.78 is 38.8. The number of aromatic nitrogens is 1. The number of nitrogens with one attached hydrogen (secondary N) is 1. The summed E-state index contributed by atoms with van der Waals surface area (Å²) in [5.74, 6) is -1.80. The maximum atomic E-state index is 15.0. The Bertz CT molecular complexity index is 1420. The summed E-state index contributed by atoms with van der Waals surface area (Å²) in [5, 5.41) is 6.01. The van der Waals surface area contributed by atoms with Gasteiger partial charge >= 0.3 is 0 Å². The molecule has 1 amide bonds. The molecule has 2 atom stereocenters. The maximum Gasteiger partial charge on any atom is 0.251 e. The Morgan fingerprint density at radius 1 is 1.11 bits per heavy atom. The third-order valence-corrected chi connectivity index (χ3v) is 6.93. The number of halogens is 2. The minimum absolute atomic E-state index is 0.0235. The van der Waals surface area contributed by atoms with Crippen LogP contribution in [0.2, 0.25) is 5.02 Å². The van der Waals surface area contributed by atoms with Crippen molar-refractivity contribution in [2.75, 3.05) is 18.6 Å². The number of rotatable bonds is 10. The Hall–Kier alpha value is -3.37. The third-order valence-electron chi connectivity index (χ3n) is 5.75. The molecule has 0 aliphatic carbocycles. The molecule has 3 rings (SSSR count). The largest absolute Gasteiger partial charge is 0.351 e. The summed E-state index contributed by atoms with van der Waals surface area (Å²) in [6.45, 7) is -0.0235. The lowest BCUT2D eigenvalue weighted by Gasteiger charge is -2.22. The zero-order valence-corrected chi connectivity index (χ0v) is 21.2. The maximum absolute atomic E-state index is 15.0. The molecule has 3 aromatic rings. The van der Waals surface area contributed by atoms with Gasteiger partial charge in [-0.05, 0) is 53.4 Å². The number of benzene rings is 2. The van der Waals surface area contributed by atoms with Gasteiger partial charge in [0.05, 0.1) is 5.75 Å². The van der Waals surface area contributed by atoms with Gasteiger partial charge < -0.3 is 9.88 Å². The fraction of sp³-hybridized carbons (Fsp3) is 0.280. The number of nitrogens with zero attached hydrogens (tertiary/aromatic N) is 2. The first-order valence-corrected chi connectivity index (χ1v) is 13.4. The fourth-order valence-electron chi connectivity index (χ4n) is 3.82. The molecule has 0 saturated carbocycles. The van der Waals surface area contributed by atoms with Gasteiger partial charge in [-0.15, -0.1) is 0 Å². The summed E-state index contributed by atoms with van der Waals surface area (Å²) in [6.07, 6.45) is 2.70. The van der Waals surface area contributed by atoms with Crippen LogP contribution < -0.4 is 10.9 Å². The van der Waals surface area contributed by atoms with Crippen LogP contribution in [-0.2, 0) is 16.9 Å². The molecule has 190 valence electrons. The minimum Gasteiger partial charge on any atom is -0.351 e. The molecular formula is C25H25ClFN3O5S. The van der Waals surface area contributed by atoms with Gasteiger partial charge in [0.25, 0.3) is 5.91 Å². The number of nitroso groups, excluding NO2 is 1. The number of amides is 1. The van der Waals surface area contributed by atoms with E-state index in [1.807, 2.05) is 0 Å². The van der Waals surface area contributed by atoms with Crippen LogP contribution in [0.4, 0.5) is 4.39 Å². The lowest BCUT2D eigenvalue weighted by Crippen LogP contribution is -2.28. The highest BCUT2D eigenvalue weighted by atomic mass is 35.5. The molecule has 0 spiro atoms. The Labute approximate surface area is 213 Å². The number of aryl methyl sites for hydroxylation is 1. The average Bonchev–Trinajstić information content (AvgIpc) is 2.82. The minimum atomic E-state index is -3.21.